The molecular weight excluding hydrogens is 220 g/mol. The molecule has 0 aromatic carbocycles. The number of hydrogen-bond acceptors (Lipinski definition) is 4. The molecule has 1 saturated heterocycles. The van der Waals surface area contributed by atoms with E-state index in [-0.39, 0.29) is 24.3 Å². The van der Waals surface area contributed by atoms with Gasteiger partial charge in [0.25, 0.3) is 0 Å². The molecule has 2 fully saturated rings. The Morgan fingerprint density at radius 3 is 2.65 bits per heavy atom. The summed E-state index contributed by atoms with van der Waals surface area (Å²) in [7, 11) is 1.53. The summed E-state index contributed by atoms with van der Waals surface area (Å²) in [5.74, 6) is -0.236. The van der Waals surface area contributed by atoms with Crippen LogP contribution in [0.2, 0.25) is 0 Å². The van der Waals surface area contributed by atoms with E-state index >= 15 is 0 Å². The Balaban J connectivity index is 1.62. The van der Waals surface area contributed by atoms with Crippen LogP contribution in [0.25, 0.3) is 0 Å². The highest BCUT2D eigenvalue weighted by Crippen LogP contribution is 2.20. The first-order valence-corrected chi connectivity index (χ1v) is 6.34. The average Bonchev–Trinajstić information content (AvgIpc) is 2.90. The molecule has 2 amide bonds. The number of likely N-dealkylation sites (tertiary alicyclic amines) is 1. The highest BCUT2D eigenvalue weighted by atomic mass is 16.5. The highest BCUT2D eigenvalue weighted by molar-refractivity contribution is 6.05. The predicted octanol–water partition coefficient (Wildman–Crippen LogP) is 0.292. The van der Waals surface area contributed by atoms with Crippen molar-refractivity contribution in [3.63, 3.8) is 0 Å². The number of carbonyl (C=O) groups excluding carboxylic acids is 2. The van der Waals surface area contributed by atoms with E-state index in [2.05, 4.69) is 5.32 Å². The predicted molar refractivity (Wildman–Crippen MR) is 62.4 cm³/mol. The van der Waals surface area contributed by atoms with Crippen LogP contribution in [-0.2, 0) is 14.3 Å². The number of amides is 2. The lowest BCUT2D eigenvalue weighted by Gasteiger charge is -2.13. The molecule has 1 aliphatic heterocycles. The van der Waals surface area contributed by atoms with E-state index in [0.717, 1.165) is 12.8 Å². The largest absolute Gasteiger partial charge is 0.377 e. The topological polar surface area (TPSA) is 58.6 Å². The van der Waals surface area contributed by atoms with E-state index in [9.17, 15) is 9.59 Å². The van der Waals surface area contributed by atoms with Gasteiger partial charge in [-0.25, -0.2) is 0 Å². The zero-order chi connectivity index (χ0) is 12.3. The van der Waals surface area contributed by atoms with Crippen LogP contribution in [0.5, 0.6) is 0 Å². The van der Waals surface area contributed by atoms with E-state index in [1.165, 1.54) is 24.8 Å². The normalized spacial score (nSPS) is 26.2. The Kier molecular flexibility index (Phi) is 4.12. The van der Waals surface area contributed by atoms with Crippen LogP contribution in [0.15, 0.2) is 0 Å². The van der Waals surface area contributed by atoms with Gasteiger partial charge in [0.05, 0.1) is 25.2 Å². The van der Waals surface area contributed by atoms with Crippen LogP contribution < -0.4 is 5.32 Å². The second-order valence-electron chi connectivity index (χ2n) is 4.78. The minimum Gasteiger partial charge on any atom is -0.377 e. The molecule has 1 heterocycles. The standard InChI is InChI=1S/C12H20N2O3/c1-14-11(15)8-10(12(14)16)13-6-7-17-9-4-2-3-5-9/h9-10,13H,2-8H2,1H3. The lowest BCUT2D eigenvalue weighted by Crippen LogP contribution is -2.39. The van der Waals surface area contributed by atoms with E-state index in [1.807, 2.05) is 0 Å². The van der Waals surface area contributed by atoms with Gasteiger partial charge in [-0.15, -0.1) is 0 Å². The van der Waals surface area contributed by atoms with Crippen molar-refractivity contribution >= 4 is 11.8 Å². The first-order chi connectivity index (χ1) is 8.18. The quantitative estimate of drug-likeness (QED) is 0.554. The molecule has 1 saturated carbocycles. The van der Waals surface area contributed by atoms with Gasteiger partial charge in [-0.3, -0.25) is 14.5 Å². The number of nitrogens with zero attached hydrogens (tertiary/aromatic N) is 1. The summed E-state index contributed by atoms with van der Waals surface area (Å²) in [4.78, 5) is 24.0. The van der Waals surface area contributed by atoms with Crippen molar-refractivity contribution in [1.29, 1.82) is 0 Å². The maximum absolute atomic E-state index is 11.6. The molecule has 5 nitrogen and oxygen atoms in total. The zero-order valence-corrected chi connectivity index (χ0v) is 10.3. The number of carbonyl (C=O) groups is 2. The third kappa shape index (κ3) is 3.04. The van der Waals surface area contributed by atoms with Gasteiger partial charge in [-0.2, -0.15) is 0 Å². The van der Waals surface area contributed by atoms with Gasteiger partial charge in [0.1, 0.15) is 0 Å². The fraction of sp³-hybridized carbons (Fsp3) is 0.833. The fourth-order valence-electron chi connectivity index (χ4n) is 2.43. The summed E-state index contributed by atoms with van der Waals surface area (Å²) >= 11 is 0. The maximum Gasteiger partial charge on any atom is 0.246 e. The smallest absolute Gasteiger partial charge is 0.246 e. The van der Waals surface area contributed by atoms with E-state index in [0.29, 0.717) is 19.3 Å². The van der Waals surface area contributed by atoms with Crippen molar-refractivity contribution in [3.05, 3.63) is 0 Å². The number of nitrogens with one attached hydrogen (secondary N) is 1. The van der Waals surface area contributed by atoms with Crippen molar-refractivity contribution in [2.24, 2.45) is 0 Å². The molecule has 1 atom stereocenters. The minimum atomic E-state index is -0.348. The maximum atomic E-state index is 11.6. The Labute approximate surface area is 101 Å². The molecule has 1 N–H and O–H groups in total. The molecule has 0 aromatic rings. The monoisotopic (exact) mass is 240 g/mol. The second kappa shape index (κ2) is 5.60. The fourth-order valence-corrected chi connectivity index (χ4v) is 2.43. The molecular formula is C12H20N2O3. The Hall–Kier alpha value is -0.940. The van der Waals surface area contributed by atoms with Crippen molar-refractivity contribution in [2.45, 2.75) is 44.2 Å². The van der Waals surface area contributed by atoms with Gasteiger partial charge >= 0.3 is 0 Å². The summed E-state index contributed by atoms with van der Waals surface area (Å²) in [6.45, 7) is 1.25. The first-order valence-electron chi connectivity index (χ1n) is 6.34. The zero-order valence-electron chi connectivity index (χ0n) is 10.3. The summed E-state index contributed by atoms with van der Waals surface area (Å²) in [5, 5.41) is 3.08. The highest BCUT2D eigenvalue weighted by Gasteiger charge is 2.35. The third-order valence-electron chi connectivity index (χ3n) is 3.53. The van der Waals surface area contributed by atoms with Crippen molar-refractivity contribution < 1.29 is 14.3 Å². The van der Waals surface area contributed by atoms with Gasteiger partial charge in [-0.1, -0.05) is 12.8 Å². The van der Waals surface area contributed by atoms with Crippen molar-refractivity contribution in [2.75, 3.05) is 20.2 Å². The number of likely N-dealkylation sites (N-methyl/N-ethyl adjacent to an activating group) is 1. The molecule has 0 spiro atoms. The van der Waals surface area contributed by atoms with Gasteiger partial charge in [0.15, 0.2) is 0 Å². The van der Waals surface area contributed by atoms with Crippen LogP contribution in [-0.4, -0.2) is 49.1 Å². The van der Waals surface area contributed by atoms with Crippen molar-refractivity contribution in [3.8, 4) is 0 Å². The third-order valence-corrected chi connectivity index (χ3v) is 3.53. The molecule has 0 bridgehead atoms. The molecule has 1 unspecified atom stereocenters. The second-order valence-corrected chi connectivity index (χ2v) is 4.78. The first kappa shape index (κ1) is 12.5. The van der Waals surface area contributed by atoms with Crippen LogP contribution in [0.4, 0.5) is 0 Å². The number of hydrogen-bond donors (Lipinski definition) is 1. The Bertz CT molecular complexity index is 300. The molecule has 1 aliphatic carbocycles. The number of rotatable bonds is 5. The van der Waals surface area contributed by atoms with Crippen molar-refractivity contribution in [1.82, 2.24) is 10.2 Å². The average molecular weight is 240 g/mol. The van der Waals surface area contributed by atoms with Gasteiger partial charge in [0.2, 0.25) is 11.8 Å². The molecule has 17 heavy (non-hydrogen) atoms. The van der Waals surface area contributed by atoms with E-state index < -0.39 is 0 Å². The molecule has 5 heteroatoms. The number of ether oxygens (including phenoxy) is 1. The molecule has 2 rings (SSSR count). The molecule has 0 radical (unpaired) electrons. The Morgan fingerprint density at radius 2 is 2.06 bits per heavy atom. The lowest BCUT2D eigenvalue weighted by atomic mass is 10.2. The summed E-state index contributed by atoms with van der Waals surface area (Å²) in [5.41, 5.74) is 0. The van der Waals surface area contributed by atoms with Gasteiger partial charge in [0, 0.05) is 13.6 Å². The Morgan fingerprint density at radius 1 is 1.35 bits per heavy atom. The van der Waals surface area contributed by atoms with Crippen LogP contribution in [0.3, 0.4) is 0 Å². The van der Waals surface area contributed by atoms with Gasteiger partial charge in [-0.05, 0) is 12.8 Å². The summed E-state index contributed by atoms with van der Waals surface area (Å²) in [6.07, 6.45) is 5.52. The van der Waals surface area contributed by atoms with E-state index in [1.54, 1.807) is 0 Å². The van der Waals surface area contributed by atoms with Gasteiger partial charge < -0.3 is 10.1 Å². The number of imide groups is 1. The molecule has 96 valence electrons. The summed E-state index contributed by atoms with van der Waals surface area (Å²) < 4.78 is 5.68. The van der Waals surface area contributed by atoms with E-state index in [4.69, 9.17) is 4.74 Å². The molecule has 0 aromatic heterocycles. The molecule has 2 aliphatic rings. The lowest BCUT2D eigenvalue weighted by molar-refractivity contribution is -0.137. The minimum absolute atomic E-state index is 0.107. The SMILES string of the molecule is CN1C(=O)CC(NCCOC2CCCC2)C1=O. The van der Waals surface area contributed by atoms with Crippen LogP contribution in [0, 0.1) is 0 Å². The summed E-state index contributed by atoms with van der Waals surface area (Å²) in [6, 6.07) is -0.348. The van der Waals surface area contributed by atoms with Crippen LogP contribution >= 0.6 is 0 Å². The van der Waals surface area contributed by atoms with Crippen LogP contribution in [0.1, 0.15) is 32.1 Å².